The van der Waals surface area contributed by atoms with Crippen LogP contribution >= 0.6 is 0 Å². The lowest BCUT2D eigenvalue weighted by atomic mass is 10.0. The summed E-state index contributed by atoms with van der Waals surface area (Å²) in [5, 5.41) is 6.30. The number of hydrogen-bond acceptors (Lipinski definition) is 6. The first-order valence-electron chi connectivity index (χ1n) is 5.89. The molecule has 98 valence electrons. The van der Waals surface area contributed by atoms with Crippen molar-refractivity contribution in [3.8, 4) is 0 Å². The van der Waals surface area contributed by atoms with E-state index >= 15 is 0 Å². The lowest BCUT2D eigenvalue weighted by Crippen LogP contribution is -2.59. The van der Waals surface area contributed by atoms with Crippen molar-refractivity contribution in [1.82, 2.24) is 10.6 Å². The molecular formula is C11H20N2O4. The molecule has 17 heavy (non-hydrogen) atoms. The third kappa shape index (κ3) is 4.32. The molecule has 0 aromatic carbocycles. The van der Waals surface area contributed by atoms with Gasteiger partial charge in [-0.25, -0.2) is 0 Å². The first-order valence-corrected chi connectivity index (χ1v) is 5.89. The van der Waals surface area contributed by atoms with Crippen LogP contribution in [-0.2, 0) is 19.1 Å². The van der Waals surface area contributed by atoms with Crippen LogP contribution in [0.5, 0.6) is 0 Å². The second-order valence-corrected chi connectivity index (χ2v) is 3.86. The van der Waals surface area contributed by atoms with Crippen molar-refractivity contribution in [3.63, 3.8) is 0 Å². The predicted molar refractivity (Wildman–Crippen MR) is 61.5 cm³/mol. The van der Waals surface area contributed by atoms with Gasteiger partial charge in [0.05, 0.1) is 13.7 Å². The topological polar surface area (TPSA) is 76.7 Å². The third-order valence-electron chi connectivity index (χ3n) is 2.72. The third-order valence-corrected chi connectivity index (χ3v) is 2.72. The molecule has 6 nitrogen and oxygen atoms in total. The van der Waals surface area contributed by atoms with Gasteiger partial charge in [0.15, 0.2) is 0 Å². The van der Waals surface area contributed by atoms with Gasteiger partial charge in [0, 0.05) is 25.6 Å². The van der Waals surface area contributed by atoms with Gasteiger partial charge >= 0.3 is 11.9 Å². The minimum absolute atomic E-state index is 0.0828. The standard InChI is InChI=1S/C11H20N2O4/c1-3-17-9(14)5-4-8-10(11(15)16-2)13-7-6-12-8/h8,10,12-13H,3-7H2,1-2H3/t8-,10?/m0/s1. The molecule has 1 rings (SSSR count). The summed E-state index contributed by atoms with van der Waals surface area (Å²) in [5.41, 5.74) is 0. The van der Waals surface area contributed by atoms with E-state index < -0.39 is 0 Å². The largest absolute Gasteiger partial charge is 0.468 e. The van der Waals surface area contributed by atoms with Crippen molar-refractivity contribution in [2.45, 2.75) is 31.8 Å². The number of ether oxygens (including phenoxy) is 2. The lowest BCUT2D eigenvalue weighted by Gasteiger charge is -2.31. The highest BCUT2D eigenvalue weighted by atomic mass is 16.5. The number of hydrogen-bond donors (Lipinski definition) is 2. The van der Waals surface area contributed by atoms with Gasteiger partial charge in [-0.1, -0.05) is 0 Å². The van der Waals surface area contributed by atoms with E-state index in [9.17, 15) is 9.59 Å². The summed E-state index contributed by atoms with van der Waals surface area (Å²) < 4.78 is 9.57. The quantitative estimate of drug-likeness (QED) is 0.631. The molecule has 1 fully saturated rings. The van der Waals surface area contributed by atoms with Crippen LogP contribution in [0.4, 0.5) is 0 Å². The van der Waals surface area contributed by atoms with Crippen LogP contribution in [-0.4, -0.2) is 50.8 Å². The first-order chi connectivity index (χ1) is 8.19. The molecule has 1 aliphatic heterocycles. The number of nitrogens with one attached hydrogen (secondary N) is 2. The summed E-state index contributed by atoms with van der Waals surface area (Å²) in [5.74, 6) is -0.533. The number of methoxy groups -OCH3 is 1. The molecule has 0 aromatic rings. The van der Waals surface area contributed by atoms with Gasteiger partial charge in [-0.3, -0.25) is 9.59 Å². The van der Waals surface area contributed by atoms with Gasteiger partial charge in [0.1, 0.15) is 6.04 Å². The van der Waals surface area contributed by atoms with E-state index in [1.807, 2.05) is 0 Å². The fraction of sp³-hybridized carbons (Fsp3) is 0.818. The van der Waals surface area contributed by atoms with Crippen molar-refractivity contribution in [2.75, 3.05) is 26.8 Å². The van der Waals surface area contributed by atoms with Gasteiger partial charge in [0.2, 0.25) is 0 Å². The Kier molecular flexibility index (Phi) is 5.93. The van der Waals surface area contributed by atoms with Crippen LogP contribution in [0, 0.1) is 0 Å². The fourth-order valence-electron chi connectivity index (χ4n) is 1.90. The number of rotatable bonds is 5. The highest BCUT2D eigenvalue weighted by Gasteiger charge is 2.31. The van der Waals surface area contributed by atoms with Crippen LogP contribution in [0.1, 0.15) is 19.8 Å². The van der Waals surface area contributed by atoms with Gasteiger partial charge in [-0.15, -0.1) is 0 Å². The average Bonchev–Trinajstić information content (AvgIpc) is 2.36. The zero-order valence-corrected chi connectivity index (χ0v) is 10.3. The Balaban J connectivity index is 2.42. The van der Waals surface area contributed by atoms with Crippen molar-refractivity contribution in [3.05, 3.63) is 0 Å². The molecule has 1 aliphatic rings. The Labute approximate surface area is 101 Å². The number of carbonyl (C=O) groups is 2. The number of carbonyl (C=O) groups excluding carboxylic acids is 2. The monoisotopic (exact) mass is 244 g/mol. The van der Waals surface area contributed by atoms with Crippen molar-refractivity contribution < 1.29 is 19.1 Å². The number of piperazine rings is 1. The van der Waals surface area contributed by atoms with Crippen LogP contribution in [0.25, 0.3) is 0 Å². The normalized spacial score (nSPS) is 24.1. The van der Waals surface area contributed by atoms with Crippen LogP contribution in [0.2, 0.25) is 0 Å². The minimum atomic E-state index is -0.386. The van der Waals surface area contributed by atoms with Crippen LogP contribution in [0.15, 0.2) is 0 Å². The summed E-state index contributed by atoms with van der Waals surface area (Å²) in [4.78, 5) is 22.8. The molecule has 0 aliphatic carbocycles. The smallest absolute Gasteiger partial charge is 0.324 e. The van der Waals surface area contributed by atoms with E-state index in [1.165, 1.54) is 7.11 Å². The summed E-state index contributed by atoms with van der Waals surface area (Å²) in [7, 11) is 1.36. The second-order valence-electron chi connectivity index (χ2n) is 3.86. The summed E-state index contributed by atoms with van der Waals surface area (Å²) in [6.45, 7) is 3.65. The zero-order chi connectivity index (χ0) is 12.7. The van der Waals surface area contributed by atoms with Crippen molar-refractivity contribution >= 4 is 11.9 Å². The lowest BCUT2D eigenvalue weighted by molar-refractivity contribution is -0.146. The predicted octanol–water partition coefficient (Wildman–Crippen LogP) is -0.567. The molecule has 2 N–H and O–H groups in total. The molecule has 1 heterocycles. The van der Waals surface area contributed by atoms with Crippen LogP contribution in [0.3, 0.4) is 0 Å². The molecule has 0 spiro atoms. The van der Waals surface area contributed by atoms with E-state index in [1.54, 1.807) is 6.92 Å². The Bertz CT molecular complexity index is 270. The molecular weight excluding hydrogens is 224 g/mol. The molecule has 1 saturated heterocycles. The molecule has 0 bridgehead atoms. The average molecular weight is 244 g/mol. The van der Waals surface area contributed by atoms with E-state index in [4.69, 9.17) is 9.47 Å². The summed E-state index contributed by atoms with van der Waals surface area (Å²) in [6.07, 6.45) is 0.867. The summed E-state index contributed by atoms with van der Waals surface area (Å²) >= 11 is 0. The SMILES string of the molecule is CCOC(=O)CC[C@@H]1NCCNC1C(=O)OC. The maximum Gasteiger partial charge on any atom is 0.324 e. The molecule has 2 atom stereocenters. The Morgan fingerprint density at radius 1 is 1.29 bits per heavy atom. The van der Waals surface area contributed by atoms with E-state index in [-0.39, 0.29) is 24.0 Å². The Hall–Kier alpha value is -1.14. The maximum absolute atomic E-state index is 11.5. The van der Waals surface area contributed by atoms with Gasteiger partial charge in [-0.05, 0) is 13.3 Å². The highest BCUT2D eigenvalue weighted by molar-refractivity contribution is 5.77. The summed E-state index contributed by atoms with van der Waals surface area (Å²) in [6, 6.07) is -0.469. The van der Waals surface area contributed by atoms with Gasteiger partial charge in [0.25, 0.3) is 0 Å². The fourth-order valence-corrected chi connectivity index (χ4v) is 1.90. The molecule has 1 unspecified atom stereocenters. The van der Waals surface area contributed by atoms with Crippen LogP contribution < -0.4 is 10.6 Å². The Morgan fingerprint density at radius 3 is 2.65 bits per heavy atom. The molecule has 0 amide bonds. The van der Waals surface area contributed by atoms with E-state index in [0.29, 0.717) is 19.4 Å². The molecule has 0 saturated carbocycles. The molecule has 0 aromatic heterocycles. The molecule has 6 heteroatoms. The minimum Gasteiger partial charge on any atom is -0.468 e. The van der Waals surface area contributed by atoms with Crippen molar-refractivity contribution in [2.24, 2.45) is 0 Å². The second kappa shape index (κ2) is 7.24. The molecule has 0 radical (unpaired) electrons. The van der Waals surface area contributed by atoms with Gasteiger partial charge in [-0.2, -0.15) is 0 Å². The van der Waals surface area contributed by atoms with Gasteiger partial charge < -0.3 is 20.1 Å². The first kappa shape index (κ1) is 13.9. The zero-order valence-electron chi connectivity index (χ0n) is 10.3. The van der Waals surface area contributed by atoms with E-state index in [2.05, 4.69) is 10.6 Å². The van der Waals surface area contributed by atoms with Crippen molar-refractivity contribution in [1.29, 1.82) is 0 Å². The van der Waals surface area contributed by atoms with E-state index in [0.717, 1.165) is 13.1 Å². The maximum atomic E-state index is 11.5. The number of esters is 2. The highest BCUT2D eigenvalue weighted by Crippen LogP contribution is 2.08. The Morgan fingerprint density at radius 2 is 2.00 bits per heavy atom.